The van der Waals surface area contributed by atoms with E-state index in [4.69, 9.17) is 57.7 Å². The first-order valence-corrected chi connectivity index (χ1v) is 7.04. The number of hydrogen-bond donors (Lipinski definition) is 9. The molecule has 0 aromatic carbocycles. The van der Waals surface area contributed by atoms with E-state index in [1.807, 2.05) is 0 Å². The van der Waals surface area contributed by atoms with Crippen LogP contribution in [0.15, 0.2) is 0 Å². The first-order valence-electron chi connectivity index (χ1n) is 2.35. The average molecular weight is 398 g/mol. The maximum Gasteiger partial charge on any atom is 0.466 e. The van der Waals surface area contributed by atoms with E-state index in [0.717, 1.165) is 0 Å². The Labute approximate surface area is 116 Å². The van der Waals surface area contributed by atoms with Crippen molar-refractivity contribution < 1.29 is 92.5 Å². The minimum atomic E-state index is -4.64. The molecule has 0 saturated carbocycles. The molecule has 0 amide bonds. The zero-order chi connectivity index (χ0) is 13.5. The van der Waals surface area contributed by atoms with E-state index in [1.54, 1.807) is 0 Å². The standard InChI is InChI=1S/2Cr.3H3O4P/c;;3*1-5(2,3)4/h;;3*(H3,1,2,3,4). The van der Waals surface area contributed by atoms with Gasteiger partial charge in [0.2, 0.25) is 0 Å². The molecule has 17 heavy (non-hydrogen) atoms. The molecule has 12 nitrogen and oxygen atoms in total. The van der Waals surface area contributed by atoms with Gasteiger partial charge in [-0.05, 0) is 0 Å². The molecule has 0 rings (SSSR count). The normalized spacial score (nSPS) is 10.4. The van der Waals surface area contributed by atoms with Gasteiger partial charge in [0, 0.05) is 34.7 Å². The molecule has 0 fully saturated rings. The Morgan fingerprint density at radius 1 is 0.412 bits per heavy atom. The fourth-order valence-electron chi connectivity index (χ4n) is 0. The van der Waals surface area contributed by atoms with Crippen LogP contribution in [0.1, 0.15) is 0 Å². The molecule has 0 aromatic rings. The molecule has 108 valence electrons. The van der Waals surface area contributed by atoms with Crippen LogP contribution in [0.2, 0.25) is 0 Å². The molecule has 0 unspecified atom stereocenters. The molecule has 0 heterocycles. The van der Waals surface area contributed by atoms with Crippen LogP contribution in [0.4, 0.5) is 0 Å². The van der Waals surface area contributed by atoms with Crippen molar-refractivity contribution >= 4 is 23.5 Å². The molecule has 0 aliphatic heterocycles. The molecule has 0 aliphatic carbocycles. The molecule has 17 heteroatoms. The van der Waals surface area contributed by atoms with Crippen molar-refractivity contribution in [2.24, 2.45) is 0 Å². The van der Waals surface area contributed by atoms with Gasteiger partial charge in [-0.2, -0.15) is 0 Å². The van der Waals surface area contributed by atoms with Gasteiger partial charge in [-0.15, -0.1) is 0 Å². The van der Waals surface area contributed by atoms with E-state index < -0.39 is 23.5 Å². The maximum atomic E-state index is 8.88. The Hall–Kier alpha value is 1.39. The first kappa shape index (κ1) is 31.0. The van der Waals surface area contributed by atoms with E-state index in [1.165, 1.54) is 0 Å². The molecule has 0 radical (unpaired) electrons. The second-order valence-electron chi connectivity index (χ2n) is 1.54. The van der Waals surface area contributed by atoms with E-state index in [-0.39, 0.29) is 34.7 Å². The van der Waals surface area contributed by atoms with Crippen LogP contribution < -0.4 is 0 Å². The summed E-state index contributed by atoms with van der Waals surface area (Å²) in [5.41, 5.74) is 0. The van der Waals surface area contributed by atoms with Crippen molar-refractivity contribution in [3.8, 4) is 0 Å². The van der Waals surface area contributed by atoms with Gasteiger partial charge in [-0.25, -0.2) is 13.7 Å². The molecule has 0 bridgehead atoms. The number of hydrogen-bond acceptors (Lipinski definition) is 3. The second kappa shape index (κ2) is 12.4. The summed E-state index contributed by atoms with van der Waals surface area (Å²) in [5.74, 6) is 0. The van der Waals surface area contributed by atoms with E-state index in [0.29, 0.717) is 0 Å². The minimum absolute atomic E-state index is 0. The zero-order valence-electron chi connectivity index (χ0n) is 7.41. The van der Waals surface area contributed by atoms with Crippen molar-refractivity contribution in [2.45, 2.75) is 0 Å². The van der Waals surface area contributed by atoms with Gasteiger partial charge in [0.15, 0.2) is 0 Å². The van der Waals surface area contributed by atoms with Crippen LogP contribution in [0, 0.1) is 0 Å². The summed E-state index contributed by atoms with van der Waals surface area (Å²) in [5, 5.41) is 0. The van der Waals surface area contributed by atoms with Crippen molar-refractivity contribution in [2.75, 3.05) is 0 Å². The zero-order valence-corrected chi connectivity index (χ0v) is 12.6. The van der Waals surface area contributed by atoms with Gasteiger partial charge >= 0.3 is 23.5 Å². The predicted octanol–water partition coefficient (Wildman–Crippen LogP) is -2.79. The summed E-state index contributed by atoms with van der Waals surface area (Å²) in [6.07, 6.45) is 0. The maximum absolute atomic E-state index is 8.88. The van der Waals surface area contributed by atoms with Crippen molar-refractivity contribution in [1.29, 1.82) is 0 Å². The first-order chi connectivity index (χ1) is 6.00. The molecule has 0 aromatic heterocycles. The monoisotopic (exact) mass is 398 g/mol. The Morgan fingerprint density at radius 3 is 0.412 bits per heavy atom. The van der Waals surface area contributed by atoms with Crippen LogP contribution in [0.5, 0.6) is 0 Å². The van der Waals surface area contributed by atoms with Crippen LogP contribution in [-0.2, 0) is 48.4 Å². The molecule has 0 aliphatic rings. The summed E-state index contributed by atoms with van der Waals surface area (Å²) in [7, 11) is -13.9. The Bertz CT molecular complexity index is 206. The average Bonchev–Trinajstić information content (AvgIpc) is 1.41. The SMILES string of the molecule is O=P(O)(O)O.O=P(O)(O)O.O=P(O)(O)O.[Cr].[Cr]. The van der Waals surface area contributed by atoms with Crippen LogP contribution in [0.25, 0.3) is 0 Å². The van der Waals surface area contributed by atoms with E-state index in [9.17, 15) is 0 Å². The summed E-state index contributed by atoms with van der Waals surface area (Å²) in [6.45, 7) is 0. The summed E-state index contributed by atoms with van der Waals surface area (Å²) in [6, 6.07) is 0. The quantitative estimate of drug-likeness (QED) is 0.188. The van der Waals surface area contributed by atoms with Gasteiger partial charge < -0.3 is 44.0 Å². The van der Waals surface area contributed by atoms with Gasteiger partial charge in [0.05, 0.1) is 0 Å². The Kier molecular flexibility index (Phi) is 22.7. The summed E-state index contributed by atoms with van der Waals surface area (Å²) >= 11 is 0. The van der Waals surface area contributed by atoms with Gasteiger partial charge in [0.25, 0.3) is 0 Å². The van der Waals surface area contributed by atoms with Crippen molar-refractivity contribution in [3.63, 3.8) is 0 Å². The van der Waals surface area contributed by atoms with Crippen molar-refractivity contribution in [1.82, 2.24) is 0 Å². The molecule has 0 saturated heterocycles. The molecule has 9 N–H and O–H groups in total. The number of phosphoric acid groups is 3. The Balaban J connectivity index is -0.0000000400. The largest absolute Gasteiger partial charge is 0.466 e. The Morgan fingerprint density at radius 2 is 0.412 bits per heavy atom. The predicted molar refractivity (Wildman–Crippen MR) is 42.8 cm³/mol. The number of rotatable bonds is 0. The van der Waals surface area contributed by atoms with E-state index >= 15 is 0 Å². The van der Waals surface area contributed by atoms with Gasteiger partial charge in [-0.1, -0.05) is 0 Å². The van der Waals surface area contributed by atoms with Crippen molar-refractivity contribution in [3.05, 3.63) is 0 Å². The fraction of sp³-hybridized carbons (Fsp3) is 0. The van der Waals surface area contributed by atoms with Crippen LogP contribution >= 0.6 is 23.5 Å². The van der Waals surface area contributed by atoms with Gasteiger partial charge in [-0.3, -0.25) is 0 Å². The minimum Gasteiger partial charge on any atom is -0.303 e. The molecule has 0 atom stereocenters. The van der Waals surface area contributed by atoms with Crippen LogP contribution in [0.3, 0.4) is 0 Å². The summed E-state index contributed by atoms with van der Waals surface area (Å²) in [4.78, 5) is 64.7. The smallest absolute Gasteiger partial charge is 0.303 e. The topological polar surface area (TPSA) is 233 Å². The third kappa shape index (κ3) is 2120. The second-order valence-corrected chi connectivity index (χ2v) is 4.62. The van der Waals surface area contributed by atoms with Gasteiger partial charge in [0.1, 0.15) is 0 Å². The molecule has 0 spiro atoms. The molecular weight excluding hydrogens is 389 g/mol. The third-order valence-electron chi connectivity index (χ3n) is 0. The molecular formula is H9Cr2O12P3. The summed E-state index contributed by atoms with van der Waals surface area (Å²) < 4.78 is 26.6. The fourth-order valence-corrected chi connectivity index (χ4v) is 0. The third-order valence-corrected chi connectivity index (χ3v) is 0. The van der Waals surface area contributed by atoms with E-state index in [2.05, 4.69) is 0 Å². The van der Waals surface area contributed by atoms with Crippen LogP contribution in [-0.4, -0.2) is 44.0 Å².